The van der Waals surface area contributed by atoms with Crippen molar-refractivity contribution in [2.45, 2.75) is 45.6 Å². The lowest BCUT2D eigenvalue weighted by atomic mass is 10.0. The number of aliphatic carboxylic acids is 1. The number of carbonyl (C=O) groups is 2. The monoisotopic (exact) mass is 353 g/mol. The third-order valence-electron chi connectivity index (χ3n) is 4.27. The van der Waals surface area contributed by atoms with E-state index in [9.17, 15) is 14.7 Å². The first-order valence-electron chi connectivity index (χ1n) is 9.12. The Bertz CT molecular complexity index is 708. The van der Waals surface area contributed by atoms with Crippen molar-refractivity contribution >= 4 is 11.9 Å². The zero-order valence-electron chi connectivity index (χ0n) is 15.4. The van der Waals surface area contributed by atoms with Crippen LogP contribution < -0.4 is 5.32 Å². The van der Waals surface area contributed by atoms with Crippen molar-refractivity contribution < 1.29 is 14.7 Å². The number of amides is 1. The van der Waals surface area contributed by atoms with Crippen molar-refractivity contribution in [3.63, 3.8) is 0 Å². The van der Waals surface area contributed by atoms with Crippen molar-refractivity contribution in [2.24, 2.45) is 5.92 Å². The highest BCUT2D eigenvalue weighted by molar-refractivity contribution is 5.83. The van der Waals surface area contributed by atoms with E-state index in [1.165, 1.54) is 16.7 Å². The molecule has 0 heterocycles. The molecule has 138 valence electrons. The molecular weight excluding hydrogens is 326 g/mol. The molecule has 0 saturated heterocycles. The molecule has 2 N–H and O–H groups in total. The van der Waals surface area contributed by atoms with Gasteiger partial charge in [-0.25, -0.2) is 4.79 Å². The fourth-order valence-corrected chi connectivity index (χ4v) is 2.91. The van der Waals surface area contributed by atoms with Crippen molar-refractivity contribution in [3.05, 3.63) is 60.2 Å². The summed E-state index contributed by atoms with van der Waals surface area (Å²) in [5.74, 6) is -0.943. The number of hydrogen-bond acceptors (Lipinski definition) is 2. The van der Waals surface area contributed by atoms with Crippen molar-refractivity contribution in [1.29, 1.82) is 0 Å². The fourth-order valence-electron chi connectivity index (χ4n) is 2.91. The second kappa shape index (κ2) is 9.76. The largest absolute Gasteiger partial charge is 0.480 e. The summed E-state index contributed by atoms with van der Waals surface area (Å²) >= 11 is 0. The Morgan fingerprint density at radius 3 is 2.15 bits per heavy atom. The highest BCUT2D eigenvalue weighted by Crippen LogP contribution is 2.19. The minimum absolute atomic E-state index is 0.195. The van der Waals surface area contributed by atoms with Gasteiger partial charge in [0.05, 0.1) is 0 Å². The second-order valence-electron chi connectivity index (χ2n) is 7.00. The zero-order chi connectivity index (χ0) is 18.9. The number of benzene rings is 2. The average molecular weight is 353 g/mol. The Hall–Kier alpha value is -2.62. The standard InChI is InChI=1S/C22H27NO3/c1-16(2)15-20(22(25)26)23-21(24)10-6-7-17-11-13-19(14-12-17)18-8-4-3-5-9-18/h3-5,8-9,11-14,16,20H,6-7,10,15H2,1-2H3,(H,23,24)(H,25,26)/t20-/m0/s1. The van der Waals surface area contributed by atoms with E-state index in [1.54, 1.807) is 0 Å². The van der Waals surface area contributed by atoms with E-state index < -0.39 is 12.0 Å². The quantitative estimate of drug-likeness (QED) is 0.707. The molecule has 0 aliphatic heterocycles. The molecule has 0 aliphatic rings. The highest BCUT2D eigenvalue weighted by atomic mass is 16.4. The maximum atomic E-state index is 12.0. The van der Waals surface area contributed by atoms with E-state index in [1.807, 2.05) is 32.0 Å². The topological polar surface area (TPSA) is 66.4 Å². The van der Waals surface area contributed by atoms with Gasteiger partial charge in [-0.3, -0.25) is 4.79 Å². The van der Waals surface area contributed by atoms with Crippen molar-refractivity contribution in [3.8, 4) is 11.1 Å². The first kappa shape index (κ1) is 19.7. The van der Waals surface area contributed by atoms with Crippen LogP contribution in [0.4, 0.5) is 0 Å². The molecule has 0 radical (unpaired) electrons. The van der Waals surface area contributed by atoms with Crippen LogP contribution in [0.25, 0.3) is 11.1 Å². The van der Waals surface area contributed by atoms with Gasteiger partial charge in [-0.15, -0.1) is 0 Å². The first-order chi connectivity index (χ1) is 12.5. The van der Waals surface area contributed by atoms with E-state index in [0.29, 0.717) is 19.3 Å². The molecule has 1 amide bonds. The molecule has 0 bridgehead atoms. The Kier molecular flexibility index (Phi) is 7.39. The van der Waals surface area contributed by atoms with Gasteiger partial charge in [0, 0.05) is 6.42 Å². The Morgan fingerprint density at radius 2 is 1.58 bits per heavy atom. The van der Waals surface area contributed by atoms with Gasteiger partial charge < -0.3 is 10.4 Å². The minimum atomic E-state index is -0.969. The predicted octanol–water partition coefficient (Wildman–Crippen LogP) is 4.29. The molecule has 0 aromatic heterocycles. The second-order valence-corrected chi connectivity index (χ2v) is 7.00. The number of carboxylic acid groups (broad SMARTS) is 1. The molecule has 2 aromatic carbocycles. The SMILES string of the molecule is CC(C)C[C@H](NC(=O)CCCc1ccc(-c2ccccc2)cc1)C(=O)O. The van der Waals surface area contributed by atoms with Crippen LogP contribution in [0.2, 0.25) is 0 Å². The molecule has 0 unspecified atom stereocenters. The van der Waals surface area contributed by atoms with Gasteiger partial charge in [0.15, 0.2) is 0 Å². The van der Waals surface area contributed by atoms with Crippen LogP contribution in [0.15, 0.2) is 54.6 Å². The van der Waals surface area contributed by atoms with Crippen molar-refractivity contribution in [2.75, 3.05) is 0 Å². The summed E-state index contributed by atoms with van der Waals surface area (Å²) in [7, 11) is 0. The number of carbonyl (C=O) groups excluding carboxylic acids is 1. The van der Waals surface area contributed by atoms with E-state index in [2.05, 4.69) is 41.7 Å². The van der Waals surface area contributed by atoms with Crippen LogP contribution >= 0.6 is 0 Å². The zero-order valence-corrected chi connectivity index (χ0v) is 15.4. The number of carboxylic acids is 1. The third kappa shape index (κ3) is 6.36. The van der Waals surface area contributed by atoms with Gasteiger partial charge in [-0.1, -0.05) is 68.4 Å². The van der Waals surface area contributed by atoms with E-state index in [4.69, 9.17) is 0 Å². The Morgan fingerprint density at radius 1 is 0.962 bits per heavy atom. The molecule has 4 heteroatoms. The maximum Gasteiger partial charge on any atom is 0.326 e. The molecule has 0 saturated carbocycles. The molecule has 0 aliphatic carbocycles. The highest BCUT2D eigenvalue weighted by Gasteiger charge is 2.20. The van der Waals surface area contributed by atoms with Crippen molar-refractivity contribution in [1.82, 2.24) is 5.32 Å². The number of hydrogen-bond donors (Lipinski definition) is 2. The lowest BCUT2D eigenvalue weighted by Gasteiger charge is -2.16. The molecule has 0 spiro atoms. The molecule has 0 fully saturated rings. The van der Waals surface area contributed by atoms with Gasteiger partial charge >= 0.3 is 5.97 Å². The average Bonchev–Trinajstić information content (AvgIpc) is 2.62. The lowest BCUT2D eigenvalue weighted by molar-refractivity contribution is -0.142. The summed E-state index contributed by atoms with van der Waals surface area (Å²) in [5.41, 5.74) is 3.53. The summed E-state index contributed by atoms with van der Waals surface area (Å²) in [6.07, 6.45) is 2.28. The lowest BCUT2D eigenvalue weighted by Crippen LogP contribution is -2.41. The van der Waals surface area contributed by atoms with Gasteiger partial charge in [-0.05, 0) is 41.9 Å². The van der Waals surface area contributed by atoms with E-state index in [0.717, 1.165) is 6.42 Å². The van der Waals surface area contributed by atoms with Crippen LogP contribution in [0.5, 0.6) is 0 Å². The van der Waals surface area contributed by atoms with Crippen LogP contribution in [0.3, 0.4) is 0 Å². The van der Waals surface area contributed by atoms with Gasteiger partial charge in [0.1, 0.15) is 6.04 Å². The normalized spacial score (nSPS) is 12.0. The van der Waals surface area contributed by atoms with Crippen LogP contribution in [-0.2, 0) is 16.0 Å². The molecule has 2 aromatic rings. The summed E-state index contributed by atoms with van der Waals surface area (Å²) in [5, 5.41) is 11.8. The minimum Gasteiger partial charge on any atom is -0.480 e. The van der Waals surface area contributed by atoms with Gasteiger partial charge in [-0.2, -0.15) is 0 Å². The number of rotatable bonds is 9. The number of aryl methyl sites for hydroxylation is 1. The summed E-state index contributed by atoms with van der Waals surface area (Å²) in [6, 6.07) is 17.7. The van der Waals surface area contributed by atoms with Crippen LogP contribution in [0, 0.1) is 5.92 Å². The van der Waals surface area contributed by atoms with Gasteiger partial charge in [0.25, 0.3) is 0 Å². The smallest absolute Gasteiger partial charge is 0.326 e. The molecule has 1 atom stereocenters. The fraction of sp³-hybridized carbons (Fsp3) is 0.364. The maximum absolute atomic E-state index is 12.0. The van der Waals surface area contributed by atoms with Crippen LogP contribution in [-0.4, -0.2) is 23.0 Å². The number of nitrogens with one attached hydrogen (secondary N) is 1. The molecule has 26 heavy (non-hydrogen) atoms. The Labute approximate surface area is 155 Å². The summed E-state index contributed by atoms with van der Waals surface area (Å²) in [6.45, 7) is 3.89. The summed E-state index contributed by atoms with van der Waals surface area (Å²) < 4.78 is 0. The van der Waals surface area contributed by atoms with E-state index >= 15 is 0 Å². The molecular formula is C22H27NO3. The van der Waals surface area contributed by atoms with E-state index in [-0.39, 0.29) is 11.8 Å². The summed E-state index contributed by atoms with van der Waals surface area (Å²) in [4.78, 5) is 23.2. The molecule has 2 rings (SSSR count). The van der Waals surface area contributed by atoms with Gasteiger partial charge in [0.2, 0.25) is 5.91 Å². The first-order valence-corrected chi connectivity index (χ1v) is 9.12. The molecule has 4 nitrogen and oxygen atoms in total. The predicted molar refractivity (Wildman–Crippen MR) is 104 cm³/mol. The Balaban J connectivity index is 1.80. The van der Waals surface area contributed by atoms with Crippen LogP contribution in [0.1, 0.15) is 38.7 Å². The third-order valence-corrected chi connectivity index (χ3v) is 4.27.